The van der Waals surface area contributed by atoms with Crippen LogP contribution in [0.3, 0.4) is 0 Å². The quantitative estimate of drug-likeness (QED) is 0.828. The lowest BCUT2D eigenvalue weighted by atomic mass is 9.89. The molecule has 6 nitrogen and oxygen atoms in total. The van der Waals surface area contributed by atoms with E-state index >= 15 is 0 Å². The van der Waals surface area contributed by atoms with E-state index in [0.717, 1.165) is 18.4 Å². The topological polar surface area (TPSA) is 69.0 Å². The summed E-state index contributed by atoms with van der Waals surface area (Å²) in [6, 6.07) is 7.97. The standard InChI is InChI=1S/C19H28N4O2/c1-6-14(7-2)17(23-13-20-12-21-23)15-8-10-16(11-9-15)22-18(24)25-19(3,4)5/h8-14,17H,6-7H2,1-5H3,(H,22,24). The third kappa shape index (κ3) is 5.31. The van der Waals surface area contributed by atoms with Gasteiger partial charge in [0.05, 0.1) is 6.04 Å². The number of benzene rings is 1. The highest BCUT2D eigenvalue weighted by atomic mass is 16.6. The Balaban J connectivity index is 2.17. The number of aromatic nitrogens is 3. The summed E-state index contributed by atoms with van der Waals surface area (Å²) in [7, 11) is 0. The van der Waals surface area contributed by atoms with E-state index in [1.54, 1.807) is 12.7 Å². The van der Waals surface area contributed by atoms with Crippen LogP contribution in [0, 0.1) is 5.92 Å². The third-order valence-electron chi connectivity index (χ3n) is 4.11. The van der Waals surface area contributed by atoms with Crippen molar-refractivity contribution in [2.75, 3.05) is 5.32 Å². The van der Waals surface area contributed by atoms with E-state index in [4.69, 9.17) is 4.74 Å². The van der Waals surface area contributed by atoms with Crippen molar-refractivity contribution < 1.29 is 9.53 Å². The summed E-state index contributed by atoms with van der Waals surface area (Å²) in [4.78, 5) is 16.0. The van der Waals surface area contributed by atoms with Crippen LogP contribution in [0.2, 0.25) is 0 Å². The average molecular weight is 344 g/mol. The predicted molar refractivity (Wildman–Crippen MR) is 98.5 cm³/mol. The number of nitrogens with zero attached hydrogens (tertiary/aromatic N) is 3. The summed E-state index contributed by atoms with van der Waals surface area (Å²) in [5.74, 6) is 0.464. The third-order valence-corrected chi connectivity index (χ3v) is 4.11. The lowest BCUT2D eigenvalue weighted by Crippen LogP contribution is -2.27. The summed E-state index contributed by atoms with van der Waals surface area (Å²) < 4.78 is 7.19. The monoisotopic (exact) mass is 344 g/mol. The molecule has 0 aliphatic rings. The molecule has 0 bridgehead atoms. The molecule has 6 heteroatoms. The minimum Gasteiger partial charge on any atom is -0.444 e. The molecule has 1 amide bonds. The van der Waals surface area contributed by atoms with Crippen molar-refractivity contribution in [3.05, 3.63) is 42.5 Å². The molecule has 0 aliphatic heterocycles. The summed E-state index contributed by atoms with van der Waals surface area (Å²) in [6.45, 7) is 9.91. The Kier molecular flexibility index (Phi) is 6.17. The van der Waals surface area contributed by atoms with Crippen LogP contribution < -0.4 is 5.32 Å². The fourth-order valence-corrected chi connectivity index (χ4v) is 2.92. The Morgan fingerprint density at radius 1 is 1.20 bits per heavy atom. The van der Waals surface area contributed by atoms with Gasteiger partial charge in [0.15, 0.2) is 0 Å². The van der Waals surface area contributed by atoms with Crippen molar-refractivity contribution in [2.24, 2.45) is 5.92 Å². The predicted octanol–water partition coefficient (Wildman–Crippen LogP) is 4.65. The lowest BCUT2D eigenvalue weighted by molar-refractivity contribution is 0.0636. The number of carbonyl (C=O) groups excluding carboxylic acids is 1. The van der Waals surface area contributed by atoms with Crippen LogP contribution in [0.1, 0.15) is 59.1 Å². The fourth-order valence-electron chi connectivity index (χ4n) is 2.92. The molecule has 0 saturated carbocycles. The zero-order valence-electron chi connectivity index (χ0n) is 15.7. The van der Waals surface area contributed by atoms with Crippen LogP contribution in [-0.4, -0.2) is 26.5 Å². The van der Waals surface area contributed by atoms with Gasteiger partial charge in [-0.3, -0.25) is 5.32 Å². The maximum absolute atomic E-state index is 11.9. The molecule has 2 aromatic rings. The van der Waals surface area contributed by atoms with Crippen molar-refractivity contribution in [3.8, 4) is 0 Å². The molecule has 1 aromatic heterocycles. The SMILES string of the molecule is CCC(CC)C(c1ccc(NC(=O)OC(C)(C)C)cc1)n1cncn1. The van der Waals surface area contributed by atoms with E-state index in [9.17, 15) is 4.79 Å². The summed E-state index contributed by atoms with van der Waals surface area (Å²) in [6.07, 6.45) is 4.98. The van der Waals surface area contributed by atoms with Gasteiger partial charge >= 0.3 is 6.09 Å². The molecular weight excluding hydrogens is 316 g/mol. The van der Waals surface area contributed by atoms with Crippen LogP contribution in [0.25, 0.3) is 0 Å². The Labute approximate surface area is 149 Å². The van der Waals surface area contributed by atoms with Crippen molar-refractivity contribution in [1.29, 1.82) is 0 Å². The van der Waals surface area contributed by atoms with E-state index in [1.807, 2.05) is 49.7 Å². The minimum absolute atomic E-state index is 0.132. The second-order valence-corrected chi connectivity index (χ2v) is 7.15. The molecule has 0 fully saturated rings. The van der Waals surface area contributed by atoms with Crippen LogP contribution in [-0.2, 0) is 4.74 Å². The molecule has 1 heterocycles. The number of hydrogen-bond donors (Lipinski definition) is 1. The molecule has 1 unspecified atom stereocenters. The molecule has 1 atom stereocenters. The molecule has 0 radical (unpaired) electrons. The van der Waals surface area contributed by atoms with Gasteiger partial charge in [-0.05, 0) is 44.4 Å². The molecule has 0 spiro atoms. The molecule has 136 valence electrons. The number of carbonyl (C=O) groups is 1. The van der Waals surface area contributed by atoms with Gasteiger partial charge in [-0.2, -0.15) is 5.10 Å². The molecule has 1 N–H and O–H groups in total. The van der Waals surface area contributed by atoms with Crippen LogP contribution >= 0.6 is 0 Å². The second-order valence-electron chi connectivity index (χ2n) is 7.15. The number of ether oxygens (including phenoxy) is 1. The van der Waals surface area contributed by atoms with Crippen LogP contribution in [0.15, 0.2) is 36.9 Å². The van der Waals surface area contributed by atoms with Crippen molar-refractivity contribution in [2.45, 2.75) is 59.1 Å². The van der Waals surface area contributed by atoms with Crippen LogP contribution in [0.4, 0.5) is 10.5 Å². The van der Waals surface area contributed by atoms with Crippen molar-refractivity contribution in [1.82, 2.24) is 14.8 Å². The summed E-state index contributed by atoms with van der Waals surface area (Å²) in [5.41, 5.74) is 1.34. The molecule has 0 aliphatic carbocycles. The van der Waals surface area contributed by atoms with Gasteiger partial charge in [0.2, 0.25) is 0 Å². The van der Waals surface area contributed by atoms with Gasteiger partial charge in [0, 0.05) is 5.69 Å². The highest BCUT2D eigenvalue weighted by Crippen LogP contribution is 2.31. The van der Waals surface area contributed by atoms with Crippen molar-refractivity contribution in [3.63, 3.8) is 0 Å². The highest BCUT2D eigenvalue weighted by Gasteiger charge is 2.23. The van der Waals surface area contributed by atoms with Gasteiger partial charge < -0.3 is 4.74 Å². The molecule has 0 saturated heterocycles. The van der Waals surface area contributed by atoms with E-state index in [0.29, 0.717) is 11.6 Å². The number of anilines is 1. The second kappa shape index (κ2) is 8.14. The van der Waals surface area contributed by atoms with Gasteiger partial charge in [0.1, 0.15) is 18.3 Å². The van der Waals surface area contributed by atoms with Gasteiger partial charge in [-0.1, -0.05) is 38.8 Å². The van der Waals surface area contributed by atoms with E-state index in [1.165, 1.54) is 0 Å². The first kappa shape index (κ1) is 19.0. The largest absolute Gasteiger partial charge is 0.444 e. The molecule has 2 rings (SSSR count). The Morgan fingerprint density at radius 3 is 2.32 bits per heavy atom. The van der Waals surface area contributed by atoms with E-state index < -0.39 is 11.7 Å². The Hall–Kier alpha value is -2.37. The van der Waals surface area contributed by atoms with Gasteiger partial charge in [0.25, 0.3) is 0 Å². The smallest absolute Gasteiger partial charge is 0.412 e. The van der Waals surface area contributed by atoms with Crippen LogP contribution in [0.5, 0.6) is 0 Å². The van der Waals surface area contributed by atoms with E-state index in [-0.39, 0.29) is 6.04 Å². The first-order valence-corrected chi connectivity index (χ1v) is 8.78. The first-order chi connectivity index (χ1) is 11.8. The van der Waals surface area contributed by atoms with E-state index in [2.05, 4.69) is 29.2 Å². The zero-order valence-corrected chi connectivity index (χ0v) is 15.7. The molecule has 1 aromatic carbocycles. The Morgan fingerprint density at radius 2 is 1.84 bits per heavy atom. The lowest BCUT2D eigenvalue weighted by Gasteiger charge is -2.26. The molecule has 25 heavy (non-hydrogen) atoms. The normalized spacial score (nSPS) is 12.9. The minimum atomic E-state index is -0.516. The fraction of sp³-hybridized carbons (Fsp3) is 0.526. The van der Waals surface area contributed by atoms with Gasteiger partial charge in [-0.25, -0.2) is 14.5 Å². The zero-order chi connectivity index (χ0) is 18.4. The Bertz CT molecular complexity index is 656. The number of nitrogens with one attached hydrogen (secondary N) is 1. The maximum Gasteiger partial charge on any atom is 0.412 e. The molecular formula is C19H28N4O2. The first-order valence-electron chi connectivity index (χ1n) is 8.78. The van der Waals surface area contributed by atoms with Crippen molar-refractivity contribution >= 4 is 11.8 Å². The number of amides is 1. The number of rotatable bonds is 6. The maximum atomic E-state index is 11.9. The highest BCUT2D eigenvalue weighted by molar-refractivity contribution is 5.84. The number of hydrogen-bond acceptors (Lipinski definition) is 4. The summed E-state index contributed by atoms with van der Waals surface area (Å²) in [5, 5.41) is 7.10. The average Bonchev–Trinajstić information content (AvgIpc) is 3.05. The summed E-state index contributed by atoms with van der Waals surface area (Å²) >= 11 is 0. The van der Waals surface area contributed by atoms with Gasteiger partial charge in [-0.15, -0.1) is 0 Å².